The molecule has 0 saturated heterocycles. The number of thiazole rings is 1. The zero-order chi connectivity index (χ0) is 14.7. The lowest BCUT2D eigenvalue weighted by Crippen LogP contribution is -2.21. The van der Waals surface area contributed by atoms with Crippen molar-refractivity contribution in [1.82, 2.24) is 9.88 Å². The molecule has 0 bridgehead atoms. The summed E-state index contributed by atoms with van der Waals surface area (Å²) in [7, 11) is 1.94. The van der Waals surface area contributed by atoms with Crippen molar-refractivity contribution in [3.05, 3.63) is 43.9 Å². The first-order valence-electron chi connectivity index (χ1n) is 6.60. The van der Waals surface area contributed by atoms with E-state index >= 15 is 0 Å². The number of hydrogen-bond acceptors (Lipinski definition) is 4. The van der Waals surface area contributed by atoms with Gasteiger partial charge in [0.25, 0.3) is 0 Å². The standard InChI is InChI=1S/C15H20N2O2S/c1-10-4-5-12(8-11(10)2)14-13(20-15(19)16-14)9-17(3)6-7-18/h4-5,8,18H,6-7,9H2,1-3H3,(H,16,19). The van der Waals surface area contributed by atoms with E-state index in [1.165, 1.54) is 22.5 Å². The summed E-state index contributed by atoms with van der Waals surface area (Å²) < 4.78 is 0. The molecule has 2 aromatic rings. The number of benzene rings is 1. The summed E-state index contributed by atoms with van der Waals surface area (Å²) in [6, 6.07) is 6.21. The second-order valence-electron chi connectivity index (χ2n) is 5.07. The summed E-state index contributed by atoms with van der Waals surface area (Å²) in [5.74, 6) is 0. The summed E-state index contributed by atoms with van der Waals surface area (Å²) in [6.07, 6.45) is 0. The van der Waals surface area contributed by atoms with Crippen LogP contribution in [0, 0.1) is 13.8 Å². The van der Waals surface area contributed by atoms with Gasteiger partial charge in [-0.05, 0) is 43.7 Å². The molecule has 0 amide bonds. The van der Waals surface area contributed by atoms with Crippen molar-refractivity contribution in [2.45, 2.75) is 20.4 Å². The quantitative estimate of drug-likeness (QED) is 0.888. The van der Waals surface area contributed by atoms with Gasteiger partial charge in [0, 0.05) is 18.0 Å². The molecule has 1 aromatic heterocycles. The van der Waals surface area contributed by atoms with Gasteiger partial charge in [-0.15, -0.1) is 0 Å². The fraction of sp³-hybridized carbons (Fsp3) is 0.400. The van der Waals surface area contributed by atoms with Crippen LogP contribution >= 0.6 is 11.3 Å². The van der Waals surface area contributed by atoms with Crippen molar-refractivity contribution >= 4 is 11.3 Å². The molecule has 2 rings (SSSR count). The summed E-state index contributed by atoms with van der Waals surface area (Å²) in [4.78, 5) is 17.6. The number of aryl methyl sites for hydroxylation is 2. The van der Waals surface area contributed by atoms with Crippen molar-refractivity contribution in [1.29, 1.82) is 0 Å². The number of aliphatic hydroxyl groups excluding tert-OH is 1. The van der Waals surface area contributed by atoms with Gasteiger partial charge < -0.3 is 10.1 Å². The molecule has 0 aliphatic heterocycles. The fourth-order valence-electron chi connectivity index (χ4n) is 2.10. The van der Waals surface area contributed by atoms with Gasteiger partial charge in [0.1, 0.15) is 0 Å². The Morgan fingerprint density at radius 2 is 2.05 bits per heavy atom. The number of H-pyrrole nitrogens is 1. The Morgan fingerprint density at radius 3 is 2.70 bits per heavy atom. The first-order valence-corrected chi connectivity index (χ1v) is 7.42. The lowest BCUT2D eigenvalue weighted by Gasteiger charge is -2.14. The van der Waals surface area contributed by atoms with E-state index in [0.717, 1.165) is 16.1 Å². The fourth-order valence-corrected chi connectivity index (χ4v) is 3.03. The number of aromatic nitrogens is 1. The molecule has 5 heteroatoms. The second kappa shape index (κ2) is 6.35. The van der Waals surface area contributed by atoms with Crippen molar-refractivity contribution in [2.24, 2.45) is 0 Å². The maximum atomic E-state index is 11.7. The molecule has 2 N–H and O–H groups in total. The molecule has 4 nitrogen and oxygen atoms in total. The molecule has 108 valence electrons. The van der Waals surface area contributed by atoms with Crippen molar-refractivity contribution in [2.75, 3.05) is 20.2 Å². The van der Waals surface area contributed by atoms with Crippen LogP contribution in [0.1, 0.15) is 16.0 Å². The minimum atomic E-state index is -0.0365. The minimum Gasteiger partial charge on any atom is -0.395 e. The monoisotopic (exact) mass is 292 g/mol. The van der Waals surface area contributed by atoms with Gasteiger partial charge in [-0.3, -0.25) is 9.69 Å². The Bertz CT molecular complexity index is 646. The van der Waals surface area contributed by atoms with Crippen LogP contribution in [0.2, 0.25) is 0 Å². The highest BCUT2D eigenvalue weighted by Gasteiger charge is 2.12. The molecule has 0 aliphatic rings. The number of nitrogens with one attached hydrogen (secondary N) is 1. The third-order valence-electron chi connectivity index (χ3n) is 3.41. The Kier molecular flexibility index (Phi) is 4.75. The van der Waals surface area contributed by atoms with Gasteiger partial charge in [-0.2, -0.15) is 0 Å². The van der Waals surface area contributed by atoms with Crippen LogP contribution in [0.15, 0.2) is 23.0 Å². The van der Waals surface area contributed by atoms with Crippen molar-refractivity contribution in [3.8, 4) is 11.3 Å². The van der Waals surface area contributed by atoms with Crippen LogP contribution in [-0.4, -0.2) is 35.2 Å². The van der Waals surface area contributed by atoms with E-state index in [9.17, 15) is 4.79 Å². The Hall–Kier alpha value is -1.43. The normalized spacial score (nSPS) is 11.2. The number of likely N-dealkylation sites (N-methyl/N-ethyl adjacent to an activating group) is 1. The van der Waals surface area contributed by atoms with Gasteiger partial charge in [-0.25, -0.2) is 0 Å². The summed E-state index contributed by atoms with van der Waals surface area (Å²) >= 11 is 1.24. The minimum absolute atomic E-state index is 0.0365. The van der Waals surface area contributed by atoms with Crippen LogP contribution in [0.4, 0.5) is 0 Å². The van der Waals surface area contributed by atoms with Crippen LogP contribution in [-0.2, 0) is 6.54 Å². The van der Waals surface area contributed by atoms with Gasteiger partial charge in [0.15, 0.2) is 0 Å². The lowest BCUT2D eigenvalue weighted by atomic mass is 10.0. The molecule has 0 spiro atoms. The summed E-state index contributed by atoms with van der Waals surface area (Å²) in [6.45, 7) is 5.52. The summed E-state index contributed by atoms with van der Waals surface area (Å²) in [5, 5.41) is 8.97. The number of nitrogens with zero attached hydrogens (tertiary/aromatic N) is 1. The lowest BCUT2D eigenvalue weighted by molar-refractivity contribution is 0.218. The molecule has 0 unspecified atom stereocenters. The first kappa shape index (κ1) is 15.0. The van der Waals surface area contributed by atoms with E-state index in [1.807, 2.05) is 18.0 Å². The van der Waals surface area contributed by atoms with Crippen LogP contribution in [0.3, 0.4) is 0 Å². The molecule has 0 saturated carbocycles. The predicted octanol–water partition coefficient (Wildman–Crippen LogP) is 2.14. The largest absolute Gasteiger partial charge is 0.395 e. The highest BCUT2D eigenvalue weighted by atomic mass is 32.1. The number of aliphatic hydroxyl groups is 1. The third-order valence-corrected chi connectivity index (χ3v) is 4.28. The van der Waals surface area contributed by atoms with Crippen molar-refractivity contribution in [3.63, 3.8) is 0 Å². The smallest absolute Gasteiger partial charge is 0.305 e. The average Bonchev–Trinajstić information content (AvgIpc) is 2.74. The van der Waals surface area contributed by atoms with E-state index in [-0.39, 0.29) is 11.5 Å². The molecule has 1 heterocycles. The number of hydrogen-bond donors (Lipinski definition) is 2. The Morgan fingerprint density at radius 1 is 1.30 bits per heavy atom. The van der Waals surface area contributed by atoms with Gasteiger partial charge in [0.2, 0.25) is 0 Å². The van der Waals surface area contributed by atoms with Gasteiger partial charge in [-0.1, -0.05) is 23.5 Å². The van der Waals surface area contributed by atoms with Crippen LogP contribution in [0.5, 0.6) is 0 Å². The third kappa shape index (κ3) is 3.36. The molecular weight excluding hydrogens is 272 g/mol. The molecule has 0 fully saturated rings. The molecule has 0 atom stereocenters. The SMILES string of the molecule is Cc1ccc(-c2[nH]c(=O)sc2CN(C)CCO)cc1C. The second-order valence-corrected chi connectivity index (χ2v) is 6.14. The van der Waals surface area contributed by atoms with Gasteiger partial charge >= 0.3 is 4.87 Å². The molecule has 20 heavy (non-hydrogen) atoms. The maximum absolute atomic E-state index is 11.7. The van der Waals surface area contributed by atoms with Crippen molar-refractivity contribution < 1.29 is 5.11 Å². The summed E-state index contributed by atoms with van der Waals surface area (Å²) in [5.41, 5.74) is 4.39. The maximum Gasteiger partial charge on any atom is 0.305 e. The zero-order valence-corrected chi connectivity index (χ0v) is 12.9. The van der Waals surface area contributed by atoms with Gasteiger partial charge in [0.05, 0.1) is 12.3 Å². The van der Waals surface area contributed by atoms with E-state index in [1.54, 1.807) is 0 Å². The number of aromatic amines is 1. The van der Waals surface area contributed by atoms with E-state index < -0.39 is 0 Å². The molecular formula is C15H20N2O2S. The van der Waals surface area contributed by atoms with E-state index in [0.29, 0.717) is 13.1 Å². The predicted molar refractivity (Wildman–Crippen MR) is 83.3 cm³/mol. The molecule has 0 aliphatic carbocycles. The molecule has 0 radical (unpaired) electrons. The highest BCUT2D eigenvalue weighted by Crippen LogP contribution is 2.26. The zero-order valence-electron chi connectivity index (χ0n) is 12.1. The first-order chi connectivity index (χ1) is 9.51. The average molecular weight is 292 g/mol. The highest BCUT2D eigenvalue weighted by molar-refractivity contribution is 7.09. The van der Waals surface area contributed by atoms with Crippen LogP contribution < -0.4 is 4.87 Å². The van der Waals surface area contributed by atoms with Crippen LogP contribution in [0.25, 0.3) is 11.3 Å². The number of rotatable bonds is 5. The topological polar surface area (TPSA) is 56.3 Å². The van der Waals surface area contributed by atoms with E-state index in [4.69, 9.17) is 5.11 Å². The molecule has 1 aromatic carbocycles. The Labute approximate surface area is 122 Å². The Balaban J connectivity index is 2.36. The van der Waals surface area contributed by atoms with E-state index in [2.05, 4.69) is 31.0 Å².